The minimum absolute atomic E-state index is 0.752. The van der Waals surface area contributed by atoms with Crippen LogP contribution in [0.15, 0.2) is 42.5 Å². The Kier molecular flexibility index (Phi) is 9.21. The van der Waals surface area contributed by atoms with Crippen LogP contribution in [0.2, 0.25) is 0 Å². The summed E-state index contributed by atoms with van der Waals surface area (Å²) < 4.78 is 0. The molecule has 1 fully saturated rings. The normalized spacial score (nSPS) is 20.7. The lowest BCUT2D eigenvalue weighted by molar-refractivity contribution is 0.291. The standard InChI is InChI=1S/C25H34/c1-3-5-11-23-18-20-25(21-19-23)13-9-7-6-8-12-24-16-14-22(10-4-2)15-17-24/h8-9,12-17,23,25H,3-5,10-11,18-21H2,1-2H3/b12-8+,13-9+/t23-,25-. The van der Waals surface area contributed by atoms with E-state index in [9.17, 15) is 0 Å². The summed E-state index contributed by atoms with van der Waals surface area (Å²) in [7, 11) is 0. The van der Waals surface area contributed by atoms with E-state index in [0.717, 1.165) is 18.3 Å². The molecule has 1 aliphatic carbocycles. The van der Waals surface area contributed by atoms with E-state index in [-0.39, 0.29) is 0 Å². The second-order valence-electron chi connectivity index (χ2n) is 7.40. The number of rotatable bonds is 7. The zero-order chi connectivity index (χ0) is 17.7. The third-order valence-corrected chi connectivity index (χ3v) is 5.27. The van der Waals surface area contributed by atoms with Crippen LogP contribution in [0, 0.1) is 23.7 Å². The van der Waals surface area contributed by atoms with Gasteiger partial charge in [-0.2, -0.15) is 0 Å². The van der Waals surface area contributed by atoms with Gasteiger partial charge in [0.25, 0.3) is 0 Å². The molecule has 0 nitrogen and oxygen atoms in total. The highest BCUT2D eigenvalue weighted by molar-refractivity contribution is 5.53. The summed E-state index contributed by atoms with van der Waals surface area (Å²) in [5.41, 5.74) is 2.64. The quantitative estimate of drug-likeness (QED) is 0.462. The highest BCUT2D eigenvalue weighted by atomic mass is 14.2. The SMILES string of the molecule is CCCC[C@H]1CC[C@H](/C=C/C#C/C=C/c2ccc(CCC)cc2)CC1. The minimum atomic E-state index is 0.752. The van der Waals surface area contributed by atoms with Gasteiger partial charge in [-0.1, -0.05) is 81.7 Å². The van der Waals surface area contributed by atoms with Crippen molar-refractivity contribution in [2.75, 3.05) is 0 Å². The molecular formula is C25H34. The Hall–Kier alpha value is -1.74. The van der Waals surface area contributed by atoms with E-state index < -0.39 is 0 Å². The predicted molar refractivity (Wildman–Crippen MR) is 111 cm³/mol. The zero-order valence-corrected chi connectivity index (χ0v) is 16.1. The number of unbranched alkanes of at least 4 members (excludes halogenated alkanes) is 1. The topological polar surface area (TPSA) is 0 Å². The van der Waals surface area contributed by atoms with E-state index in [0.29, 0.717) is 0 Å². The number of aryl methyl sites for hydroxylation is 1. The van der Waals surface area contributed by atoms with E-state index in [1.807, 2.05) is 6.08 Å². The summed E-state index contributed by atoms with van der Waals surface area (Å²) >= 11 is 0. The lowest BCUT2D eigenvalue weighted by Gasteiger charge is -2.26. The fourth-order valence-electron chi connectivity index (χ4n) is 3.66. The van der Waals surface area contributed by atoms with Crippen molar-refractivity contribution in [3.8, 4) is 11.8 Å². The molecule has 0 aromatic heterocycles. The molecule has 0 N–H and O–H groups in total. The predicted octanol–water partition coefficient (Wildman–Crippen LogP) is 7.21. The summed E-state index contributed by atoms with van der Waals surface area (Å²) in [6, 6.07) is 8.78. The highest BCUT2D eigenvalue weighted by Crippen LogP contribution is 2.32. The summed E-state index contributed by atoms with van der Waals surface area (Å²) in [6.45, 7) is 4.51. The van der Waals surface area contributed by atoms with Crippen LogP contribution >= 0.6 is 0 Å². The number of allylic oxidation sites excluding steroid dienone is 3. The molecule has 0 heteroatoms. The molecule has 0 spiro atoms. The molecule has 0 radical (unpaired) electrons. The monoisotopic (exact) mass is 334 g/mol. The third-order valence-electron chi connectivity index (χ3n) is 5.27. The maximum atomic E-state index is 3.16. The minimum Gasteiger partial charge on any atom is -0.0730 e. The number of hydrogen-bond donors (Lipinski definition) is 0. The van der Waals surface area contributed by atoms with Crippen molar-refractivity contribution in [2.24, 2.45) is 11.8 Å². The second-order valence-corrected chi connectivity index (χ2v) is 7.40. The van der Waals surface area contributed by atoms with Crippen molar-refractivity contribution in [3.63, 3.8) is 0 Å². The summed E-state index contributed by atoms with van der Waals surface area (Å²) in [5, 5.41) is 0. The first-order valence-corrected chi connectivity index (χ1v) is 10.2. The first kappa shape index (κ1) is 19.6. The van der Waals surface area contributed by atoms with Crippen LogP contribution in [0.4, 0.5) is 0 Å². The van der Waals surface area contributed by atoms with Gasteiger partial charge in [-0.15, -0.1) is 0 Å². The molecule has 0 aliphatic heterocycles. The molecule has 25 heavy (non-hydrogen) atoms. The Balaban J connectivity index is 1.70. The van der Waals surface area contributed by atoms with Gasteiger partial charge in [-0.3, -0.25) is 0 Å². The molecule has 0 bridgehead atoms. The molecule has 1 aromatic carbocycles. The Morgan fingerprint density at radius 2 is 1.64 bits per heavy atom. The molecule has 1 aliphatic rings. The van der Waals surface area contributed by atoms with E-state index >= 15 is 0 Å². The van der Waals surface area contributed by atoms with Crippen molar-refractivity contribution in [1.82, 2.24) is 0 Å². The van der Waals surface area contributed by atoms with Gasteiger partial charge < -0.3 is 0 Å². The molecule has 2 rings (SSSR count). The molecule has 0 amide bonds. The average Bonchev–Trinajstić information content (AvgIpc) is 2.65. The van der Waals surface area contributed by atoms with E-state index in [4.69, 9.17) is 0 Å². The lowest BCUT2D eigenvalue weighted by atomic mass is 9.80. The molecule has 0 heterocycles. The van der Waals surface area contributed by atoms with Gasteiger partial charge in [0, 0.05) is 0 Å². The number of benzene rings is 1. The second kappa shape index (κ2) is 11.8. The molecular weight excluding hydrogens is 300 g/mol. The Morgan fingerprint density at radius 3 is 2.32 bits per heavy atom. The fraction of sp³-hybridized carbons (Fsp3) is 0.520. The van der Waals surface area contributed by atoms with Crippen LogP contribution in [0.5, 0.6) is 0 Å². The molecule has 1 saturated carbocycles. The van der Waals surface area contributed by atoms with Crippen molar-refractivity contribution in [3.05, 3.63) is 53.6 Å². The van der Waals surface area contributed by atoms with Gasteiger partial charge in [0.05, 0.1) is 0 Å². The van der Waals surface area contributed by atoms with Crippen molar-refractivity contribution >= 4 is 6.08 Å². The highest BCUT2D eigenvalue weighted by Gasteiger charge is 2.18. The van der Waals surface area contributed by atoms with Crippen LogP contribution in [0.3, 0.4) is 0 Å². The van der Waals surface area contributed by atoms with Crippen LogP contribution in [-0.4, -0.2) is 0 Å². The van der Waals surface area contributed by atoms with Gasteiger partial charge in [-0.25, -0.2) is 0 Å². The third kappa shape index (κ3) is 7.78. The first-order chi connectivity index (χ1) is 12.3. The molecule has 1 aromatic rings. The van der Waals surface area contributed by atoms with E-state index in [1.54, 1.807) is 0 Å². The van der Waals surface area contributed by atoms with Crippen molar-refractivity contribution < 1.29 is 0 Å². The van der Waals surface area contributed by atoms with Crippen LogP contribution in [0.25, 0.3) is 6.08 Å². The fourth-order valence-corrected chi connectivity index (χ4v) is 3.66. The van der Waals surface area contributed by atoms with E-state index in [2.05, 4.69) is 68.2 Å². The van der Waals surface area contributed by atoms with Crippen molar-refractivity contribution in [2.45, 2.75) is 71.6 Å². The van der Waals surface area contributed by atoms with Gasteiger partial charge in [0.15, 0.2) is 0 Å². The Morgan fingerprint density at radius 1 is 0.920 bits per heavy atom. The van der Waals surface area contributed by atoms with Gasteiger partial charge in [0.2, 0.25) is 0 Å². The number of hydrogen-bond acceptors (Lipinski definition) is 0. The van der Waals surface area contributed by atoms with Crippen LogP contribution in [-0.2, 0) is 6.42 Å². The molecule has 0 unspecified atom stereocenters. The summed E-state index contributed by atoms with van der Waals surface area (Å²) in [4.78, 5) is 0. The summed E-state index contributed by atoms with van der Waals surface area (Å²) in [5.74, 6) is 8.04. The smallest absolute Gasteiger partial charge is 0.0109 e. The maximum Gasteiger partial charge on any atom is -0.0109 e. The molecule has 134 valence electrons. The lowest BCUT2D eigenvalue weighted by Crippen LogP contribution is -2.12. The summed E-state index contributed by atoms with van der Waals surface area (Å²) in [6.07, 6.45) is 20.5. The zero-order valence-electron chi connectivity index (χ0n) is 16.1. The van der Waals surface area contributed by atoms with Gasteiger partial charge in [-0.05, 0) is 73.3 Å². The van der Waals surface area contributed by atoms with Gasteiger partial charge >= 0.3 is 0 Å². The largest absolute Gasteiger partial charge is 0.0730 e. The van der Waals surface area contributed by atoms with Crippen LogP contribution < -0.4 is 0 Å². The average molecular weight is 335 g/mol. The van der Waals surface area contributed by atoms with Gasteiger partial charge in [0.1, 0.15) is 0 Å². The molecule has 0 atom stereocenters. The Bertz CT molecular complexity index is 583. The molecule has 0 saturated heterocycles. The first-order valence-electron chi connectivity index (χ1n) is 10.2. The van der Waals surface area contributed by atoms with Crippen molar-refractivity contribution in [1.29, 1.82) is 0 Å². The van der Waals surface area contributed by atoms with E-state index in [1.165, 1.54) is 62.5 Å². The Labute approximate surface area is 155 Å². The maximum absolute atomic E-state index is 3.16. The van der Waals surface area contributed by atoms with Crippen LogP contribution in [0.1, 0.15) is 76.3 Å².